The second kappa shape index (κ2) is 4.86. The van der Waals surface area contributed by atoms with Crippen molar-refractivity contribution in [3.8, 4) is 0 Å². The van der Waals surface area contributed by atoms with Crippen LogP contribution < -0.4 is 5.73 Å². The molecule has 0 bridgehead atoms. The van der Waals surface area contributed by atoms with Gasteiger partial charge in [-0.3, -0.25) is 0 Å². The van der Waals surface area contributed by atoms with Crippen LogP contribution >= 0.6 is 11.6 Å². The molecule has 0 atom stereocenters. The molecule has 1 aromatic carbocycles. The topological polar surface area (TPSA) is 46.3 Å². The van der Waals surface area contributed by atoms with Gasteiger partial charge in [-0.15, -0.1) is 0 Å². The van der Waals surface area contributed by atoms with E-state index in [9.17, 15) is 4.79 Å². The summed E-state index contributed by atoms with van der Waals surface area (Å²) in [7, 11) is 0. The van der Waals surface area contributed by atoms with E-state index in [-0.39, 0.29) is 0 Å². The summed E-state index contributed by atoms with van der Waals surface area (Å²) in [5.41, 5.74) is 6.13. The third-order valence-corrected chi connectivity index (χ3v) is 2.12. The van der Waals surface area contributed by atoms with Gasteiger partial charge in [0.2, 0.25) is 0 Å². The van der Waals surface area contributed by atoms with Gasteiger partial charge < -0.3 is 10.6 Å². The number of nitrogens with two attached hydrogens (primary N) is 1. The molecule has 0 saturated heterocycles. The Morgan fingerprint density at radius 2 is 2.00 bits per heavy atom. The minimum absolute atomic E-state index is 0.359. The fourth-order valence-corrected chi connectivity index (χ4v) is 1.20. The number of hydrogen-bond acceptors (Lipinski definition) is 1. The van der Waals surface area contributed by atoms with E-state index in [4.69, 9.17) is 17.3 Å². The lowest BCUT2D eigenvalue weighted by molar-refractivity contribution is 0.210. The summed E-state index contributed by atoms with van der Waals surface area (Å²) in [6.07, 6.45) is 0. The van der Waals surface area contributed by atoms with E-state index in [2.05, 4.69) is 6.92 Å². The highest BCUT2D eigenvalue weighted by atomic mass is 35.5. The van der Waals surface area contributed by atoms with Crippen molar-refractivity contribution in [2.75, 3.05) is 6.54 Å². The summed E-state index contributed by atoms with van der Waals surface area (Å²) in [6, 6.07) is 6.80. The Hall–Kier alpha value is -1.22. The SMILES string of the molecule is [CH2]CN(Cc1ccc(Cl)cc1)C(N)=O. The fourth-order valence-electron chi connectivity index (χ4n) is 1.08. The molecule has 2 N–H and O–H groups in total. The molecule has 0 aromatic heterocycles. The molecule has 14 heavy (non-hydrogen) atoms. The lowest BCUT2D eigenvalue weighted by Crippen LogP contribution is -2.34. The van der Waals surface area contributed by atoms with Crippen molar-refractivity contribution < 1.29 is 4.79 Å². The van der Waals surface area contributed by atoms with Crippen molar-refractivity contribution in [1.29, 1.82) is 0 Å². The molecule has 0 saturated carbocycles. The van der Waals surface area contributed by atoms with Gasteiger partial charge in [0.05, 0.1) is 0 Å². The van der Waals surface area contributed by atoms with Crippen molar-refractivity contribution in [2.45, 2.75) is 6.54 Å². The Morgan fingerprint density at radius 3 is 2.43 bits per heavy atom. The normalized spacial score (nSPS) is 9.86. The molecular formula is C10H12ClN2O. The maximum absolute atomic E-state index is 10.9. The zero-order chi connectivity index (χ0) is 10.6. The molecule has 1 radical (unpaired) electrons. The molecule has 75 valence electrons. The first-order chi connectivity index (χ1) is 6.63. The lowest BCUT2D eigenvalue weighted by Gasteiger charge is -2.17. The zero-order valence-electron chi connectivity index (χ0n) is 7.74. The van der Waals surface area contributed by atoms with Crippen LogP contribution in [0.2, 0.25) is 5.02 Å². The molecule has 0 spiro atoms. The van der Waals surface area contributed by atoms with Crippen LogP contribution in [-0.2, 0) is 6.54 Å². The first-order valence-electron chi connectivity index (χ1n) is 4.21. The summed E-state index contributed by atoms with van der Waals surface area (Å²) in [4.78, 5) is 12.3. The summed E-state index contributed by atoms with van der Waals surface area (Å²) in [5.74, 6) is 0. The van der Waals surface area contributed by atoms with Gasteiger partial charge in [-0.05, 0) is 24.6 Å². The maximum atomic E-state index is 10.9. The van der Waals surface area contributed by atoms with E-state index in [0.29, 0.717) is 18.1 Å². The molecule has 0 aliphatic rings. The summed E-state index contributed by atoms with van der Waals surface area (Å²) >= 11 is 5.73. The summed E-state index contributed by atoms with van der Waals surface area (Å²) < 4.78 is 0. The van der Waals surface area contributed by atoms with Gasteiger partial charge >= 0.3 is 6.03 Å². The van der Waals surface area contributed by atoms with Gasteiger partial charge in [0.1, 0.15) is 0 Å². The predicted octanol–water partition coefficient (Wildman–Crippen LogP) is 2.05. The number of primary amides is 1. The Kier molecular flexibility index (Phi) is 3.77. The molecule has 0 unspecified atom stereocenters. The van der Waals surface area contributed by atoms with Gasteiger partial charge in [0.25, 0.3) is 0 Å². The van der Waals surface area contributed by atoms with E-state index in [0.717, 1.165) is 5.56 Å². The van der Waals surface area contributed by atoms with E-state index in [1.165, 1.54) is 4.90 Å². The molecule has 0 aliphatic carbocycles. The van der Waals surface area contributed by atoms with Crippen LogP contribution in [0.1, 0.15) is 5.56 Å². The van der Waals surface area contributed by atoms with Gasteiger partial charge in [0.15, 0.2) is 0 Å². The van der Waals surface area contributed by atoms with Crippen molar-refractivity contribution in [1.82, 2.24) is 4.90 Å². The van der Waals surface area contributed by atoms with Crippen LogP contribution in [0.4, 0.5) is 4.79 Å². The number of amides is 2. The standard InChI is InChI=1S/C10H12ClN2O/c1-2-13(10(12)14)7-8-3-5-9(11)6-4-8/h3-6H,1-2,7H2,(H2,12,14). The first kappa shape index (κ1) is 10.9. The summed E-state index contributed by atoms with van der Waals surface area (Å²) in [6.45, 7) is 4.45. The van der Waals surface area contributed by atoms with Gasteiger partial charge in [-0.25, -0.2) is 4.79 Å². The van der Waals surface area contributed by atoms with Crippen molar-refractivity contribution in [3.63, 3.8) is 0 Å². The minimum Gasteiger partial charge on any atom is -0.351 e. The fraction of sp³-hybridized carbons (Fsp3) is 0.200. The van der Waals surface area contributed by atoms with E-state index < -0.39 is 6.03 Å². The summed E-state index contributed by atoms with van der Waals surface area (Å²) in [5, 5.41) is 0.675. The molecule has 0 fully saturated rings. The van der Waals surface area contributed by atoms with E-state index in [1.807, 2.05) is 12.1 Å². The van der Waals surface area contributed by atoms with Crippen LogP contribution in [0, 0.1) is 6.92 Å². The van der Waals surface area contributed by atoms with Crippen molar-refractivity contribution >= 4 is 17.6 Å². The van der Waals surface area contributed by atoms with Gasteiger partial charge in [-0.1, -0.05) is 23.7 Å². The Morgan fingerprint density at radius 1 is 1.43 bits per heavy atom. The molecule has 1 aromatic rings. The Balaban J connectivity index is 2.67. The van der Waals surface area contributed by atoms with Gasteiger partial charge in [-0.2, -0.15) is 0 Å². The molecule has 3 nitrogen and oxygen atoms in total. The molecule has 0 heterocycles. The lowest BCUT2D eigenvalue weighted by atomic mass is 10.2. The third-order valence-electron chi connectivity index (χ3n) is 1.87. The molecule has 1 rings (SSSR count). The van der Waals surface area contributed by atoms with Crippen molar-refractivity contribution in [2.24, 2.45) is 5.73 Å². The Bertz CT molecular complexity index is 310. The number of halogens is 1. The zero-order valence-corrected chi connectivity index (χ0v) is 8.50. The van der Waals surface area contributed by atoms with E-state index in [1.54, 1.807) is 12.1 Å². The number of benzene rings is 1. The third kappa shape index (κ3) is 2.92. The molecule has 4 heteroatoms. The average Bonchev–Trinajstić information content (AvgIpc) is 2.16. The number of carbonyl (C=O) groups is 1. The largest absolute Gasteiger partial charge is 0.351 e. The highest BCUT2D eigenvalue weighted by molar-refractivity contribution is 6.30. The van der Waals surface area contributed by atoms with Crippen LogP contribution in [0.3, 0.4) is 0 Å². The second-order valence-corrected chi connectivity index (χ2v) is 3.32. The maximum Gasteiger partial charge on any atom is 0.315 e. The number of urea groups is 1. The van der Waals surface area contributed by atoms with Crippen molar-refractivity contribution in [3.05, 3.63) is 41.8 Å². The number of carbonyl (C=O) groups excluding carboxylic acids is 1. The van der Waals surface area contributed by atoms with E-state index >= 15 is 0 Å². The number of rotatable bonds is 3. The quantitative estimate of drug-likeness (QED) is 0.818. The highest BCUT2D eigenvalue weighted by Gasteiger charge is 2.06. The highest BCUT2D eigenvalue weighted by Crippen LogP contribution is 2.11. The van der Waals surface area contributed by atoms with Crippen LogP contribution in [0.25, 0.3) is 0 Å². The average molecular weight is 212 g/mol. The first-order valence-corrected chi connectivity index (χ1v) is 4.59. The minimum atomic E-state index is -0.463. The second-order valence-electron chi connectivity index (χ2n) is 2.89. The molecular weight excluding hydrogens is 200 g/mol. The van der Waals surface area contributed by atoms with Crippen LogP contribution in [0.15, 0.2) is 24.3 Å². The molecule has 2 amide bonds. The molecule has 0 aliphatic heterocycles. The van der Waals surface area contributed by atoms with Crippen LogP contribution in [-0.4, -0.2) is 17.5 Å². The monoisotopic (exact) mass is 211 g/mol. The van der Waals surface area contributed by atoms with Gasteiger partial charge in [0, 0.05) is 18.1 Å². The number of hydrogen-bond donors (Lipinski definition) is 1. The van der Waals surface area contributed by atoms with Crippen LogP contribution in [0.5, 0.6) is 0 Å². The smallest absolute Gasteiger partial charge is 0.315 e. The number of nitrogens with zero attached hydrogens (tertiary/aromatic N) is 1. The predicted molar refractivity (Wildman–Crippen MR) is 56.8 cm³/mol. The Labute approximate surface area is 88.5 Å².